The Hall–Kier alpha value is -2.02. The average molecular weight is 440 g/mol. The number of hydrogen-bond acceptors (Lipinski definition) is 4. The summed E-state index contributed by atoms with van der Waals surface area (Å²) >= 11 is 1.43. The van der Waals surface area contributed by atoms with E-state index in [-0.39, 0.29) is 12.2 Å². The van der Waals surface area contributed by atoms with Crippen molar-refractivity contribution in [3.63, 3.8) is 0 Å². The lowest BCUT2D eigenvalue weighted by molar-refractivity contribution is -0.144. The highest BCUT2D eigenvalue weighted by Crippen LogP contribution is 2.13. The molecule has 0 aliphatic carbocycles. The lowest BCUT2D eigenvalue weighted by Gasteiger charge is -2.15. The Labute approximate surface area is 184 Å². The van der Waals surface area contributed by atoms with E-state index in [1.807, 2.05) is 0 Å². The molecule has 0 spiro atoms. The summed E-state index contributed by atoms with van der Waals surface area (Å²) in [5.74, 6) is -2.70. The van der Waals surface area contributed by atoms with Gasteiger partial charge in [-0.25, -0.2) is 4.79 Å². The summed E-state index contributed by atoms with van der Waals surface area (Å²) in [6.07, 6.45) is 10.5. The lowest BCUT2D eigenvalue weighted by Crippen LogP contribution is -2.43. The van der Waals surface area contributed by atoms with E-state index in [4.69, 9.17) is 5.11 Å². The maximum absolute atomic E-state index is 11.8. The Morgan fingerprint density at radius 3 is 2.00 bits per heavy atom. The largest absolute Gasteiger partial charge is 0.481 e. The first-order chi connectivity index (χ1) is 14.0. The first-order valence-corrected chi connectivity index (χ1v) is 11.5. The predicted molar refractivity (Wildman–Crippen MR) is 124 cm³/mol. The van der Waals surface area contributed by atoms with Crippen LogP contribution in [0.2, 0.25) is 0 Å². The number of thioether (sulfide) groups is 1. The van der Waals surface area contributed by atoms with Crippen molar-refractivity contribution in [2.75, 3.05) is 11.5 Å². The third kappa shape index (κ3) is 14.9. The molecule has 0 aliphatic rings. The van der Waals surface area contributed by atoms with Gasteiger partial charge in [0.2, 0.25) is 5.91 Å². The molecule has 7 heteroatoms. The monoisotopic (exact) mass is 439 g/mol. The first kappa shape index (κ1) is 28.0. The summed E-state index contributed by atoms with van der Waals surface area (Å²) in [6.45, 7) is 9.86. The molecule has 0 saturated carbocycles. The van der Waals surface area contributed by atoms with Gasteiger partial charge in [0.25, 0.3) is 0 Å². The molecule has 0 aromatic heterocycles. The average Bonchev–Trinajstić information content (AvgIpc) is 2.63. The van der Waals surface area contributed by atoms with Gasteiger partial charge >= 0.3 is 11.9 Å². The highest BCUT2D eigenvalue weighted by molar-refractivity contribution is 7.99. The van der Waals surface area contributed by atoms with E-state index in [2.05, 4.69) is 51.2 Å². The van der Waals surface area contributed by atoms with E-state index < -0.39 is 29.8 Å². The maximum Gasteiger partial charge on any atom is 0.327 e. The van der Waals surface area contributed by atoms with Crippen LogP contribution in [0.4, 0.5) is 0 Å². The number of carboxylic acids is 2. The number of aliphatic carboxylic acids is 2. The molecule has 0 rings (SSSR count). The molecule has 6 nitrogen and oxygen atoms in total. The quantitative estimate of drug-likeness (QED) is 0.250. The van der Waals surface area contributed by atoms with Gasteiger partial charge in [-0.05, 0) is 53.4 Å². The number of carbonyl (C=O) groups excluding carboxylic acids is 1. The van der Waals surface area contributed by atoms with Crippen LogP contribution in [0.3, 0.4) is 0 Å². The summed E-state index contributed by atoms with van der Waals surface area (Å²) < 4.78 is 0. The lowest BCUT2D eigenvalue weighted by atomic mass is 10.1. The van der Waals surface area contributed by atoms with E-state index in [1.165, 1.54) is 35.4 Å². The molecular formula is C23H37NO5S. The van der Waals surface area contributed by atoms with Gasteiger partial charge in [-0.2, -0.15) is 11.8 Å². The van der Waals surface area contributed by atoms with Gasteiger partial charge in [0.15, 0.2) is 0 Å². The molecule has 0 saturated heterocycles. The second-order valence-electron chi connectivity index (χ2n) is 7.90. The highest BCUT2D eigenvalue weighted by atomic mass is 32.2. The Kier molecular flexibility index (Phi) is 14.7. The fourth-order valence-electron chi connectivity index (χ4n) is 2.52. The van der Waals surface area contributed by atoms with E-state index in [0.29, 0.717) is 5.75 Å². The van der Waals surface area contributed by atoms with E-state index in [0.717, 1.165) is 25.7 Å². The van der Waals surface area contributed by atoms with Crippen molar-refractivity contribution in [1.82, 2.24) is 5.32 Å². The van der Waals surface area contributed by atoms with E-state index in [1.54, 1.807) is 0 Å². The molecule has 0 radical (unpaired) electrons. The van der Waals surface area contributed by atoms with Crippen molar-refractivity contribution >= 4 is 29.6 Å². The van der Waals surface area contributed by atoms with Crippen molar-refractivity contribution in [1.29, 1.82) is 0 Å². The Morgan fingerprint density at radius 2 is 1.47 bits per heavy atom. The van der Waals surface area contributed by atoms with E-state index in [9.17, 15) is 19.5 Å². The summed E-state index contributed by atoms with van der Waals surface area (Å²) in [6, 6.07) is -1.02. The van der Waals surface area contributed by atoms with Crippen molar-refractivity contribution in [2.24, 2.45) is 5.92 Å². The van der Waals surface area contributed by atoms with Gasteiger partial charge in [-0.3, -0.25) is 9.59 Å². The van der Waals surface area contributed by atoms with Gasteiger partial charge in [0.1, 0.15) is 6.04 Å². The number of carboxylic acid groups (broad SMARTS) is 2. The molecule has 1 unspecified atom stereocenters. The SMILES string of the molecule is CC(C)=CCC/C(C)=C/CC/C(C)=C/CSC[C@H](NC(=O)CC(C)C(=O)O)C(=O)O. The minimum absolute atomic E-state index is 0.232. The van der Waals surface area contributed by atoms with Gasteiger partial charge in [0, 0.05) is 17.9 Å². The van der Waals surface area contributed by atoms with Crippen LogP contribution in [0.5, 0.6) is 0 Å². The van der Waals surface area contributed by atoms with Crippen molar-refractivity contribution < 1.29 is 24.6 Å². The van der Waals surface area contributed by atoms with Crippen molar-refractivity contribution in [3.8, 4) is 0 Å². The van der Waals surface area contributed by atoms with Crippen LogP contribution in [0.25, 0.3) is 0 Å². The summed E-state index contributed by atoms with van der Waals surface area (Å²) in [5.41, 5.74) is 3.99. The molecular weight excluding hydrogens is 402 g/mol. The zero-order valence-corrected chi connectivity index (χ0v) is 19.7. The van der Waals surface area contributed by atoms with Gasteiger partial charge < -0.3 is 15.5 Å². The fraction of sp³-hybridized carbons (Fsp3) is 0.609. The zero-order valence-electron chi connectivity index (χ0n) is 18.9. The molecule has 1 amide bonds. The van der Waals surface area contributed by atoms with Crippen molar-refractivity contribution in [3.05, 3.63) is 34.9 Å². The van der Waals surface area contributed by atoms with Crippen LogP contribution < -0.4 is 5.32 Å². The molecule has 0 heterocycles. The molecule has 0 aromatic rings. The number of amides is 1. The van der Waals surface area contributed by atoms with Crippen molar-refractivity contribution in [2.45, 2.75) is 72.8 Å². The minimum atomic E-state index is -1.12. The fourth-order valence-corrected chi connectivity index (χ4v) is 3.52. The second-order valence-corrected chi connectivity index (χ2v) is 8.97. The number of carbonyl (C=O) groups is 3. The molecule has 30 heavy (non-hydrogen) atoms. The van der Waals surface area contributed by atoms with Crippen LogP contribution in [0.15, 0.2) is 34.9 Å². The third-order valence-electron chi connectivity index (χ3n) is 4.50. The molecule has 0 aliphatic heterocycles. The zero-order chi connectivity index (χ0) is 23.1. The summed E-state index contributed by atoms with van der Waals surface area (Å²) in [4.78, 5) is 33.9. The number of hydrogen-bond donors (Lipinski definition) is 3. The number of nitrogens with one attached hydrogen (secondary N) is 1. The highest BCUT2D eigenvalue weighted by Gasteiger charge is 2.22. The van der Waals surface area contributed by atoms with E-state index >= 15 is 0 Å². The minimum Gasteiger partial charge on any atom is -0.481 e. The topological polar surface area (TPSA) is 104 Å². The maximum atomic E-state index is 11.8. The number of rotatable bonds is 15. The Morgan fingerprint density at radius 1 is 0.900 bits per heavy atom. The normalized spacial score (nSPS) is 14.0. The summed E-state index contributed by atoms with van der Waals surface area (Å²) in [7, 11) is 0. The van der Waals surface area contributed by atoms with Crippen LogP contribution in [-0.4, -0.2) is 45.6 Å². The molecule has 0 aromatic carbocycles. The molecule has 2 atom stereocenters. The Balaban J connectivity index is 4.28. The van der Waals surface area contributed by atoms with Crippen LogP contribution in [0, 0.1) is 5.92 Å². The number of allylic oxidation sites excluding steroid dienone is 5. The Bertz CT molecular complexity index is 663. The van der Waals surface area contributed by atoms with Crippen LogP contribution in [-0.2, 0) is 14.4 Å². The summed E-state index contributed by atoms with van der Waals surface area (Å²) in [5, 5.41) is 20.5. The van der Waals surface area contributed by atoms with Gasteiger partial charge in [0.05, 0.1) is 5.92 Å². The molecule has 3 N–H and O–H groups in total. The third-order valence-corrected chi connectivity index (χ3v) is 5.47. The second kappa shape index (κ2) is 15.8. The van der Waals surface area contributed by atoms with Crippen LogP contribution >= 0.6 is 11.8 Å². The molecule has 0 fully saturated rings. The smallest absolute Gasteiger partial charge is 0.327 e. The molecule has 0 bridgehead atoms. The predicted octanol–water partition coefficient (Wildman–Crippen LogP) is 4.82. The van der Waals surface area contributed by atoms with Crippen LogP contribution in [0.1, 0.15) is 66.7 Å². The molecule has 170 valence electrons. The van der Waals surface area contributed by atoms with Gasteiger partial charge in [-0.1, -0.05) is 41.9 Å². The first-order valence-electron chi connectivity index (χ1n) is 10.3. The standard InChI is InChI=1S/C23H37NO5S/c1-16(2)8-6-9-17(3)10-7-11-18(4)12-13-30-15-20(23(28)29)24-21(25)14-19(5)22(26)27/h8,10,12,19-20H,6-7,9,11,13-15H2,1-5H3,(H,24,25)(H,26,27)(H,28,29)/b17-10+,18-12+/t19?,20-/m0/s1. The van der Waals surface area contributed by atoms with Gasteiger partial charge in [-0.15, -0.1) is 0 Å².